The van der Waals surface area contributed by atoms with Gasteiger partial charge in [-0.25, -0.2) is 0 Å². The van der Waals surface area contributed by atoms with Gasteiger partial charge >= 0.3 is 0 Å². The van der Waals surface area contributed by atoms with Gasteiger partial charge in [-0.15, -0.1) is 0 Å². The average molecular weight is 518 g/mol. The van der Waals surface area contributed by atoms with Crippen LogP contribution in [0.25, 0.3) is 0 Å². The van der Waals surface area contributed by atoms with Gasteiger partial charge in [0.05, 0.1) is 9.95 Å². The van der Waals surface area contributed by atoms with Crippen LogP contribution in [-0.4, -0.2) is 35.1 Å². The van der Waals surface area contributed by atoms with Crippen molar-refractivity contribution in [2.45, 2.75) is 0 Å². The number of benzene rings is 2. The SMILES string of the molecule is O=C(COc1ccc(Br)cc1Cl)NNC(=S)NC(=O)COc1ccc([N+](=O)[O-])cc1. The number of thiocarbonyl (C=S) groups is 1. The molecule has 0 unspecified atom stereocenters. The van der Waals surface area contributed by atoms with Gasteiger partial charge in [-0.05, 0) is 42.5 Å². The summed E-state index contributed by atoms with van der Waals surface area (Å²) < 4.78 is 11.2. The third-order valence-electron chi connectivity index (χ3n) is 3.24. The Kier molecular flexibility index (Phi) is 8.77. The molecule has 0 aliphatic heterocycles. The van der Waals surface area contributed by atoms with E-state index in [0.717, 1.165) is 4.47 Å². The Hall–Kier alpha value is -2.96. The second kappa shape index (κ2) is 11.3. The van der Waals surface area contributed by atoms with Crippen molar-refractivity contribution in [1.82, 2.24) is 16.2 Å². The summed E-state index contributed by atoms with van der Waals surface area (Å²) >= 11 is 14.1. The first-order valence-corrected chi connectivity index (χ1v) is 9.66. The highest BCUT2D eigenvalue weighted by atomic mass is 79.9. The zero-order valence-corrected chi connectivity index (χ0v) is 18.2. The van der Waals surface area contributed by atoms with E-state index in [1.807, 2.05) is 0 Å². The minimum Gasteiger partial charge on any atom is -0.484 e. The van der Waals surface area contributed by atoms with Crippen LogP contribution in [0.4, 0.5) is 5.69 Å². The maximum Gasteiger partial charge on any atom is 0.276 e. The molecule has 2 aromatic rings. The zero-order chi connectivity index (χ0) is 22.1. The van der Waals surface area contributed by atoms with Gasteiger partial charge in [0.15, 0.2) is 18.3 Å². The highest BCUT2D eigenvalue weighted by Gasteiger charge is 2.10. The molecule has 0 saturated heterocycles. The second-order valence-electron chi connectivity index (χ2n) is 5.45. The first kappa shape index (κ1) is 23.3. The molecule has 0 aromatic heterocycles. The molecule has 3 N–H and O–H groups in total. The van der Waals surface area contributed by atoms with Crippen LogP contribution in [0.15, 0.2) is 46.9 Å². The van der Waals surface area contributed by atoms with Crippen LogP contribution in [0.1, 0.15) is 0 Å². The molecule has 0 radical (unpaired) electrons. The smallest absolute Gasteiger partial charge is 0.276 e. The van der Waals surface area contributed by atoms with Crippen LogP contribution < -0.4 is 25.6 Å². The van der Waals surface area contributed by atoms with Crippen LogP contribution in [0, 0.1) is 10.1 Å². The summed E-state index contributed by atoms with van der Waals surface area (Å²) in [6.45, 7) is -0.729. The van der Waals surface area contributed by atoms with E-state index in [4.69, 9.17) is 33.3 Å². The summed E-state index contributed by atoms with van der Waals surface area (Å²) in [6.07, 6.45) is 0. The standard InChI is InChI=1S/C17H14BrClN4O6S/c18-10-1-6-14(13(19)7-10)29-9-16(25)21-22-17(30)20-15(24)8-28-12-4-2-11(3-5-12)23(26)27/h1-7H,8-9H2,(H,21,25)(H2,20,22,24,30). The maximum absolute atomic E-state index is 11.8. The molecule has 2 rings (SSSR count). The number of ether oxygens (including phenoxy) is 2. The molecule has 10 nitrogen and oxygen atoms in total. The maximum atomic E-state index is 11.8. The predicted molar refractivity (Wildman–Crippen MR) is 115 cm³/mol. The van der Waals surface area contributed by atoms with Crippen molar-refractivity contribution in [3.05, 3.63) is 62.1 Å². The van der Waals surface area contributed by atoms with Gasteiger partial charge in [-0.3, -0.25) is 35.9 Å². The fourth-order valence-electron chi connectivity index (χ4n) is 1.91. The number of non-ortho nitro benzene ring substituents is 1. The largest absolute Gasteiger partial charge is 0.484 e. The lowest BCUT2D eigenvalue weighted by molar-refractivity contribution is -0.384. The summed E-state index contributed by atoms with van der Waals surface area (Å²) in [5, 5.41) is 13.0. The van der Waals surface area contributed by atoms with E-state index in [9.17, 15) is 19.7 Å². The highest BCUT2D eigenvalue weighted by molar-refractivity contribution is 9.10. The van der Waals surface area contributed by atoms with E-state index in [2.05, 4.69) is 32.1 Å². The molecule has 2 amide bonds. The van der Waals surface area contributed by atoms with E-state index >= 15 is 0 Å². The van der Waals surface area contributed by atoms with E-state index < -0.39 is 23.3 Å². The number of amides is 2. The molecule has 0 aliphatic carbocycles. The molecule has 158 valence electrons. The monoisotopic (exact) mass is 516 g/mol. The molecule has 0 fully saturated rings. The third-order valence-corrected chi connectivity index (χ3v) is 4.23. The molecule has 2 aromatic carbocycles. The van der Waals surface area contributed by atoms with E-state index in [1.54, 1.807) is 18.2 Å². The number of nitrogens with one attached hydrogen (secondary N) is 3. The van der Waals surface area contributed by atoms with Crippen LogP contribution >= 0.6 is 39.7 Å². The van der Waals surface area contributed by atoms with E-state index in [-0.39, 0.29) is 23.2 Å². The lowest BCUT2D eigenvalue weighted by Crippen LogP contribution is -2.50. The van der Waals surface area contributed by atoms with Crippen molar-refractivity contribution in [3.8, 4) is 11.5 Å². The number of carbonyl (C=O) groups is 2. The van der Waals surface area contributed by atoms with Gasteiger partial charge in [0.25, 0.3) is 17.5 Å². The summed E-state index contributed by atoms with van der Waals surface area (Å²) in [6, 6.07) is 10.1. The molecule has 0 heterocycles. The Balaban J connectivity index is 1.67. The molecule has 0 spiro atoms. The fraction of sp³-hybridized carbons (Fsp3) is 0.118. The van der Waals surface area contributed by atoms with Gasteiger partial charge in [0, 0.05) is 16.6 Å². The minimum atomic E-state index is -0.599. The molecule has 30 heavy (non-hydrogen) atoms. The number of hydrazine groups is 1. The molecule has 0 saturated carbocycles. The Morgan fingerprint density at radius 2 is 1.73 bits per heavy atom. The number of halogens is 2. The normalized spacial score (nSPS) is 9.93. The summed E-state index contributed by atoms with van der Waals surface area (Å²) in [5.41, 5.74) is 4.50. The number of hydrogen-bond acceptors (Lipinski definition) is 7. The van der Waals surface area contributed by atoms with Gasteiger partial charge in [-0.2, -0.15) is 0 Å². The van der Waals surface area contributed by atoms with Gasteiger partial charge < -0.3 is 9.47 Å². The number of nitro benzene ring substituents is 1. The first-order chi connectivity index (χ1) is 14.2. The van der Waals surface area contributed by atoms with Gasteiger partial charge in [0.1, 0.15) is 11.5 Å². The number of rotatable bonds is 7. The topological polar surface area (TPSA) is 132 Å². The average Bonchev–Trinajstić information content (AvgIpc) is 2.70. The summed E-state index contributed by atoms with van der Waals surface area (Å²) in [5.74, 6) is -0.563. The van der Waals surface area contributed by atoms with Crippen molar-refractivity contribution >= 4 is 62.4 Å². The highest BCUT2D eigenvalue weighted by Crippen LogP contribution is 2.27. The molecule has 0 atom stereocenters. The minimum absolute atomic E-state index is 0.0979. The van der Waals surface area contributed by atoms with Crippen molar-refractivity contribution in [2.24, 2.45) is 0 Å². The Bertz CT molecular complexity index is 960. The number of hydrogen-bond donors (Lipinski definition) is 3. The first-order valence-electron chi connectivity index (χ1n) is 8.08. The number of nitro groups is 1. The van der Waals surface area contributed by atoms with Crippen LogP contribution in [0.2, 0.25) is 5.02 Å². The van der Waals surface area contributed by atoms with Gasteiger partial charge in [0.2, 0.25) is 0 Å². The van der Waals surface area contributed by atoms with Crippen molar-refractivity contribution in [2.75, 3.05) is 13.2 Å². The zero-order valence-electron chi connectivity index (χ0n) is 15.0. The number of nitrogens with zero attached hydrogens (tertiary/aromatic N) is 1. The van der Waals surface area contributed by atoms with Crippen molar-refractivity contribution < 1.29 is 24.0 Å². The molecule has 0 bridgehead atoms. The summed E-state index contributed by atoms with van der Waals surface area (Å²) in [7, 11) is 0. The van der Waals surface area contributed by atoms with Crippen molar-refractivity contribution in [3.63, 3.8) is 0 Å². The number of carbonyl (C=O) groups excluding carboxylic acids is 2. The van der Waals surface area contributed by atoms with Gasteiger partial charge in [-0.1, -0.05) is 27.5 Å². The summed E-state index contributed by atoms with van der Waals surface area (Å²) in [4.78, 5) is 33.6. The van der Waals surface area contributed by atoms with Crippen molar-refractivity contribution in [1.29, 1.82) is 0 Å². The Morgan fingerprint density at radius 3 is 2.37 bits per heavy atom. The quantitative estimate of drug-likeness (QED) is 0.290. The van der Waals surface area contributed by atoms with Crippen LogP contribution in [0.3, 0.4) is 0 Å². The molecule has 13 heteroatoms. The van der Waals surface area contributed by atoms with Crippen LogP contribution in [0.5, 0.6) is 11.5 Å². The van der Waals surface area contributed by atoms with Crippen LogP contribution in [-0.2, 0) is 9.59 Å². The third kappa shape index (κ3) is 7.81. The molecular weight excluding hydrogens is 504 g/mol. The van der Waals surface area contributed by atoms with E-state index in [0.29, 0.717) is 10.8 Å². The lowest BCUT2D eigenvalue weighted by Gasteiger charge is -2.12. The Labute approximate surface area is 189 Å². The Morgan fingerprint density at radius 1 is 1.07 bits per heavy atom. The van der Waals surface area contributed by atoms with E-state index in [1.165, 1.54) is 24.3 Å². The fourth-order valence-corrected chi connectivity index (χ4v) is 2.80. The predicted octanol–water partition coefficient (Wildman–Crippen LogP) is 2.49. The molecule has 0 aliphatic rings. The second-order valence-corrected chi connectivity index (χ2v) is 7.18. The molecular formula is C17H14BrClN4O6S. The lowest BCUT2D eigenvalue weighted by atomic mass is 10.3.